The topological polar surface area (TPSA) is 37.3 Å². The molecule has 0 spiro atoms. The lowest BCUT2D eigenvalue weighted by atomic mass is 9.84. The third-order valence-corrected chi connectivity index (χ3v) is 6.17. The Morgan fingerprint density at radius 1 is 1.20 bits per heavy atom. The van der Waals surface area contributed by atoms with Gasteiger partial charge in [-0.15, -0.1) is 0 Å². The van der Waals surface area contributed by atoms with Crippen molar-refractivity contribution in [3.05, 3.63) is 11.1 Å². The van der Waals surface area contributed by atoms with Crippen molar-refractivity contribution in [3.8, 4) is 0 Å². The average molecular weight is 228 g/mol. The first-order chi connectivity index (χ1) is 6.94. The van der Waals surface area contributed by atoms with Crippen molar-refractivity contribution in [1.82, 2.24) is 0 Å². The minimum Gasteiger partial charge on any atom is -0.385 e. The van der Waals surface area contributed by atoms with Crippen LogP contribution in [-0.4, -0.2) is 25.4 Å². The molecule has 0 aromatic carbocycles. The zero-order chi connectivity index (χ0) is 11.2. The molecule has 2 unspecified atom stereocenters. The summed E-state index contributed by atoms with van der Waals surface area (Å²) in [6, 6.07) is 0. The zero-order valence-corrected chi connectivity index (χ0v) is 10.6. The number of hydrogen-bond donors (Lipinski definition) is 1. The highest BCUT2D eigenvalue weighted by atomic mass is 32.2. The Kier molecular flexibility index (Phi) is 2.80. The Labute approximate surface area is 94.2 Å². The van der Waals surface area contributed by atoms with Crippen LogP contribution in [0.25, 0.3) is 0 Å². The zero-order valence-electron chi connectivity index (χ0n) is 9.75. The fourth-order valence-corrected chi connectivity index (χ4v) is 5.01. The molecule has 0 aliphatic carbocycles. The van der Waals surface area contributed by atoms with Crippen molar-refractivity contribution in [1.29, 1.82) is 0 Å². The van der Waals surface area contributed by atoms with Crippen molar-refractivity contribution in [2.75, 3.05) is 0 Å². The van der Waals surface area contributed by atoms with Crippen molar-refractivity contribution in [3.63, 3.8) is 0 Å². The van der Waals surface area contributed by atoms with E-state index in [1.54, 1.807) is 0 Å². The van der Waals surface area contributed by atoms with Gasteiger partial charge in [-0.1, -0.05) is 5.57 Å². The summed E-state index contributed by atoms with van der Waals surface area (Å²) in [5.41, 5.74) is 1.62. The van der Waals surface area contributed by atoms with Gasteiger partial charge < -0.3 is 5.11 Å². The fraction of sp³-hybridized carbons (Fsp3) is 0.833. The lowest BCUT2D eigenvalue weighted by Crippen LogP contribution is -2.43. The minimum absolute atomic E-state index is 0.239. The molecular weight excluding hydrogens is 208 g/mol. The van der Waals surface area contributed by atoms with E-state index in [1.807, 2.05) is 20.8 Å². The Morgan fingerprint density at radius 3 is 2.07 bits per heavy atom. The van der Waals surface area contributed by atoms with Gasteiger partial charge in [-0.2, -0.15) is 0 Å². The van der Waals surface area contributed by atoms with E-state index >= 15 is 0 Å². The maximum absolute atomic E-state index is 11.9. The van der Waals surface area contributed by atoms with E-state index in [-0.39, 0.29) is 10.5 Å². The summed E-state index contributed by atoms with van der Waals surface area (Å²) in [6.07, 6.45) is 3.48. The second kappa shape index (κ2) is 3.70. The highest BCUT2D eigenvalue weighted by Crippen LogP contribution is 2.44. The number of aliphatic hydroxyl groups is 1. The highest BCUT2D eigenvalue weighted by molar-refractivity contribution is 7.86. The number of rotatable bonds is 1. The third-order valence-electron chi connectivity index (χ3n) is 4.05. The molecule has 2 aliphatic rings. The van der Waals surface area contributed by atoms with Crippen molar-refractivity contribution in [2.45, 2.75) is 62.6 Å². The van der Waals surface area contributed by atoms with Gasteiger partial charge in [-0.3, -0.25) is 4.21 Å². The van der Waals surface area contributed by atoms with Crippen LogP contribution >= 0.6 is 0 Å². The molecule has 2 aliphatic heterocycles. The van der Waals surface area contributed by atoms with Crippen LogP contribution in [0.1, 0.15) is 46.5 Å². The molecule has 2 fully saturated rings. The summed E-state index contributed by atoms with van der Waals surface area (Å²) < 4.78 is 11.9. The molecule has 1 N–H and O–H groups in total. The highest BCUT2D eigenvalue weighted by Gasteiger charge is 2.48. The third kappa shape index (κ3) is 1.80. The van der Waals surface area contributed by atoms with E-state index < -0.39 is 16.4 Å². The van der Waals surface area contributed by atoms with Gasteiger partial charge in [0.15, 0.2) is 0 Å². The maximum atomic E-state index is 11.9. The van der Waals surface area contributed by atoms with E-state index in [4.69, 9.17) is 0 Å². The molecule has 2 nitrogen and oxygen atoms in total. The molecule has 86 valence electrons. The molecule has 2 heterocycles. The van der Waals surface area contributed by atoms with Crippen LogP contribution in [0, 0.1) is 0 Å². The van der Waals surface area contributed by atoms with Gasteiger partial charge in [-0.25, -0.2) is 0 Å². The van der Waals surface area contributed by atoms with Crippen LogP contribution in [0.3, 0.4) is 0 Å². The van der Waals surface area contributed by atoms with E-state index in [0.29, 0.717) is 12.8 Å². The number of hydrogen-bond acceptors (Lipinski definition) is 2. The van der Waals surface area contributed by atoms with Crippen molar-refractivity contribution >= 4 is 10.8 Å². The summed E-state index contributed by atoms with van der Waals surface area (Å²) in [6.45, 7) is 6.10. The van der Waals surface area contributed by atoms with Crippen molar-refractivity contribution in [2.24, 2.45) is 0 Å². The molecule has 15 heavy (non-hydrogen) atoms. The molecule has 2 bridgehead atoms. The van der Waals surface area contributed by atoms with Crippen LogP contribution in [0.2, 0.25) is 0 Å². The van der Waals surface area contributed by atoms with Crippen LogP contribution < -0.4 is 0 Å². The standard InChI is InChI=1S/C12H20O2S/c1-8(2)9(3)12(13)6-10-4-5-11(7-12)15(10)14/h10-11,13H,4-7H2,1-3H3. The first-order valence-corrected chi connectivity index (χ1v) is 6.98. The van der Waals surface area contributed by atoms with Crippen molar-refractivity contribution < 1.29 is 9.32 Å². The molecule has 0 saturated carbocycles. The molecule has 2 atom stereocenters. The van der Waals surface area contributed by atoms with E-state index in [1.165, 1.54) is 5.57 Å². The Balaban J connectivity index is 2.27. The van der Waals surface area contributed by atoms with Gasteiger partial charge in [0.05, 0.1) is 5.60 Å². The second-order valence-corrected chi connectivity index (χ2v) is 7.21. The van der Waals surface area contributed by atoms with Crippen LogP contribution in [0.5, 0.6) is 0 Å². The monoisotopic (exact) mass is 228 g/mol. The van der Waals surface area contributed by atoms with E-state index in [0.717, 1.165) is 18.4 Å². The number of allylic oxidation sites excluding steroid dienone is 1. The SMILES string of the molecule is CC(C)=C(C)C1(O)CC2CCC(C1)S2=O. The van der Waals surface area contributed by atoms with Gasteiger partial charge >= 0.3 is 0 Å². The summed E-state index contributed by atoms with van der Waals surface area (Å²) in [4.78, 5) is 0. The van der Waals surface area contributed by atoms with Gasteiger partial charge in [0, 0.05) is 21.3 Å². The van der Waals surface area contributed by atoms with E-state index in [9.17, 15) is 9.32 Å². The minimum atomic E-state index is -0.678. The Hall–Kier alpha value is -0.150. The van der Waals surface area contributed by atoms with Gasteiger partial charge in [0.1, 0.15) is 0 Å². The smallest absolute Gasteiger partial charge is 0.0879 e. The molecule has 0 amide bonds. The molecule has 3 heteroatoms. The quantitative estimate of drug-likeness (QED) is 0.698. The number of fused-ring (bicyclic) bond motifs is 2. The molecule has 0 radical (unpaired) electrons. The Bertz CT molecular complexity index is 313. The normalized spacial score (nSPS) is 44.1. The summed E-state index contributed by atoms with van der Waals surface area (Å²) in [5, 5.41) is 11.1. The molecular formula is C12H20O2S. The van der Waals surface area contributed by atoms with Crippen LogP contribution in [-0.2, 0) is 10.8 Å². The molecule has 0 aromatic rings. The lowest BCUT2D eigenvalue weighted by Gasteiger charge is -2.37. The lowest BCUT2D eigenvalue weighted by molar-refractivity contribution is 0.0588. The van der Waals surface area contributed by atoms with Gasteiger partial charge in [0.2, 0.25) is 0 Å². The van der Waals surface area contributed by atoms with Crippen LogP contribution in [0.4, 0.5) is 0 Å². The molecule has 0 aromatic heterocycles. The largest absolute Gasteiger partial charge is 0.385 e. The molecule has 2 rings (SSSR count). The second-order valence-electron chi connectivity index (χ2n) is 5.21. The van der Waals surface area contributed by atoms with Gasteiger partial charge in [-0.05, 0) is 52.0 Å². The van der Waals surface area contributed by atoms with Gasteiger partial charge in [0.25, 0.3) is 0 Å². The summed E-state index contributed by atoms with van der Waals surface area (Å²) in [5.74, 6) is 0. The Morgan fingerprint density at radius 2 is 1.67 bits per heavy atom. The summed E-state index contributed by atoms with van der Waals surface area (Å²) in [7, 11) is -0.678. The van der Waals surface area contributed by atoms with Crippen LogP contribution in [0.15, 0.2) is 11.1 Å². The maximum Gasteiger partial charge on any atom is 0.0879 e. The average Bonchev–Trinajstić information content (AvgIpc) is 2.40. The predicted molar refractivity (Wildman–Crippen MR) is 63.2 cm³/mol. The molecule has 2 saturated heterocycles. The summed E-state index contributed by atoms with van der Waals surface area (Å²) >= 11 is 0. The fourth-order valence-electron chi connectivity index (χ4n) is 2.85. The van der Waals surface area contributed by atoms with E-state index in [2.05, 4.69) is 0 Å². The first-order valence-electron chi connectivity index (χ1n) is 5.70. The predicted octanol–water partition coefficient (Wildman–Crippen LogP) is 2.15. The first kappa shape index (κ1) is 11.3.